The highest BCUT2D eigenvalue weighted by Crippen LogP contribution is 2.11. The van der Waals surface area contributed by atoms with E-state index < -0.39 is 6.10 Å². The number of ether oxygens (including phenoxy) is 1. The summed E-state index contributed by atoms with van der Waals surface area (Å²) in [7, 11) is 0. The number of rotatable bonds is 4. The van der Waals surface area contributed by atoms with Gasteiger partial charge in [-0.2, -0.15) is 0 Å². The number of nitrogens with zero attached hydrogens (tertiary/aromatic N) is 1. The number of anilines is 1. The van der Waals surface area contributed by atoms with E-state index in [0.717, 1.165) is 0 Å². The Morgan fingerprint density at radius 2 is 1.89 bits per heavy atom. The molecule has 1 N–H and O–H groups in total. The second kappa shape index (κ2) is 5.82. The fourth-order valence-electron chi connectivity index (χ4n) is 1.42. The standard InChI is InChI=1S/C14H14N2O2/c1-11(18-12-7-3-2-4-8-12)14(17)16-13-9-5-6-10-15-13/h2-11H,1H3,(H,15,16,17)/t11-/m0/s1. The summed E-state index contributed by atoms with van der Waals surface area (Å²) in [5, 5.41) is 2.69. The van der Waals surface area contributed by atoms with E-state index in [-0.39, 0.29) is 5.91 Å². The summed E-state index contributed by atoms with van der Waals surface area (Å²) >= 11 is 0. The minimum Gasteiger partial charge on any atom is -0.481 e. The molecule has 0 aliphatic heterocycles. The van der Waals surface area contributed by atoms with Crippen molar-refractivity contribution in [2.45, 2.75) is 13.0 Å². The maximum absolute atomic E-state index is 11.8. The molecule has 2 aromatic rings. The Hall–Kier alpha value is -2.36. The van der Waals surface area contributed by atoms with Gasteiger partial charge in [-0.25, -0.2) is 4.98 Å². The van der Waals surface area contributed by atoms with E-state index in [1.165, 1.54) is 0 Å². The van der Waals surface area contributed by atoms with Crippen molar-refractivity contribution in [3.63, 3.8) is 0 Å². The summed E-state index contributed by atoms with van der Waals surface area (Å²) in [4.78, 5) is 15.9. The number of hydrogen-bond donors (Lipinski definition) is 1. The largest absolute Gasteiger partial charge is 0.481 e. The van der Waals surface area contributed by atoms with E-state index in [1.54, 1.807) is 25.3 Å². The average Bonchev–Trinajstić information content (AvgIpc) is 2.41. The van der Waals surface area contributed by atoms with Gasteiger partial charge in [0.2, 0.25) is 0 Å². The maximum Gasteiger partial charge on any atom is 0.266 e. The van der Waals surface area contributed by atoms with Gasteiger partial charge in [-0.05, 0) is 31.2 Å². The second-order valence-electron chi connectivity index (χ2n) is 3.78. The van der Waals surface area contributed by atoms with Gasteiger partial charge in [0, 0.05) is 6.20 Å². The van der Waals surface area contributed by atoms with Gasteiger partial charge in [0.1, 0.15) is 11.6 Å². The van der Waals surface area contributed by atoms with Crippen LogP contribution in [0.25, 0.3) is 0 Å². The van der Waals surface area contributed by atoms with Crippen LogP contribution in [0.4, 0.5) is 5.82 Å². The molecular formula is C14H14N2O2. The summed E-state index contributed by atoms with van der Waals surface area (Å²) in [6.07, 6.45) is 1.05. The highest BCUT2D eigenvalue weighted by molar-refractivity contribution is 5.93. The highest BCUT2D eigenvalue weighted by Gasteiger charge is 2.14. The fourth-order valence-corrected chi connectivity index (χ4v) is 1.42. The molecule has 0 radical (unpaired) electrons. The van der Waals surface area contributed by atoms with E-state index in [2.05, 4.69) is 10.3 Å². The van der Waals surface area contributed by atoms with Crippen LogP contribution in [0.5, 0.6) is 5.75 Å². The Labute approximate surface area is 106 Å². The molecule has 0 unspecified atom stereocenters. The maximum atomic E-state index is 11.8. The number of benzene rings is 1. The summed E-state index contributed by atoms with van der Waals surface area (Å²) in [5.41, 5.74) is 0. The van der Waals surface area contributed by atoms with Gasteiger partial charge in [-0.15, -0.1) is 0 Å². The number of hydrogen-bond acceptors (Lipinski definition) is 3. The van der Waals surface area contributed by atoms with Crippen molar-refractivity contribution in [3.05, 3.63) is 54.7 Å². The molecule has 1 aromatic heterocycles. The highest BCUT2D eigenvalue weighted by atomic mass is 16.5. The van der Waals surface area contributed by atoms with Crippen LogP contribution >= 0.6 is 0 Å². The molecule has 1 heterocycles. The number of pyridine rings is 1. The van der Waals surface area contributed by atoms with Crippen LogP contribution in [0.1, 0.15) is 6.92 Å². The number of aromatic nitrogens is 1. The third-order valence-corrected chi connectivity index (χ3v) is 2.34. The summed E-state index contributed by atoms with van der Waals surface area (Å²) in [6, 6.07) is 14.6. The Kier molecular flexibility index (Phi) is 3.91. The average molecular weight is 242 g/mol. The van der Waals surface area contributed by atoms with Crippen LogP contribution in [0.3, 0.4) is 0 Å². The van der Waals surface area contributed by atoms with Crippen molar-refractivity contribution in [2.24, 2.45) is 0 Å². The predicted molar refractivity (Wildman–Crippen MR) is 69.4 cm³/mol. The first-order valence-electron chi connectivity index (χ1n) is 5.69. The molecule has 0 bridgehead atoms. The lowest BCUT2D eigenvalue weighted by atomic mass is 10.3. The van der Waals surface area contributed by atoms with Crippen molar-refractivity contribution < 1.29 is 9.53 Å². The smallest absolute Gasteiger partial charge is 0.266 e. The topological polar surface area (TPSA) is 51.2 Å². The monoisotopic (exact) mass is 242 g/mol. The van der Waals surface area contributed by atoms with Crippen LogP contribution in [0, 0.1) is 0 Å². The van der Waals surface area contributed by atoms with Crippen LogP contribution < -0.4 is 10.1 Å². The molecule has 0 spiro atoms. The van der Waals surface area contributed by atoms with Crippen molar-refractivity contribution in [3.8, 4) is 5.75 Å². The summed E-state index contributed by atoms with van der Waals surface area (Å²) in [6.45, 7) is 1.70. The predicted octanol–water partition coefficient (Wildman–Crippen LogP) is 2.49. The van der Waals surface area contributed by atoms with Crippen molar-refractivity contribution in [1.29, 1.82) is 0 Å². The molecule has 4 nitrogen and oxygen atoms in total. The lowest BCUT2D eigenvalue weighted by Crippen LogP contribution is -2.30. The minimum atomic E-state index is -0.575. The molecule has 1 atom stereocenters. The molecular weight excluding hydrogens is 228 g/mol. The molecule has 0 fully saturated rings. The van der Waals surface area contributed by atoms with Gasteiger partial charge in [0.05, 0.1) is 0 Å². The van der Waals surface area contributed by atoms with Crippen LogP contribution in [-0.4, -0.2) is 17.0 Å². The molecule has 1 amide bonds. The number of nitrogens with one attached hydrogen (secondary N) is 1. The van der Waals surface area contributed by atoms with Crippen LogP contribution in [0.2, 0.25) is 0 Å². The normalized spacial score (nSPS) is 11.6. The van der Waals surface area contributed by atoms with Gasteiger partial charge in [0.25, 0.3) is 5.91 Å². The lowest BCUT2D eigenvalue weighted by molar-refractivity contribution is -0.122. The SMILES string of the molecule is C[C@H](Oc1ccccc1)C(=O)Nc1ccccn1. The van der Waals surface area contributed by atoms with Gasteiger partial charge < -0.3 is 10.1 Å². The van der Waals surface area contributed by atoms with Crippen molar-refractivity contribution >= 4 is 11.7 Å². The Morgan fingerprint density at radius 1 is 1.17 bits per heavy atom. The van der Waals surface area contributed by atoms with Gasteiger partial charge in [0.15, 0.2) is 6.10 Å². The van der Waals surface area contributed by atoms with Gasteiger partial charge in [-0.1, -0.05) is 24.3 Å². The van der Waals surface area contributed by atoms with Crippen molar-refractivity contribution in [2.75, 3.05) is 5.32 Å². The van der Waals surface area contributed by atoms with Crippen LogP contribution in [-0.2, 0) is 4.79 Å². The first-order valence-corrected chi connectivity index (χ1v) is 5.69. The Balaban J connectivity index is 1.93. The first kappa shape index (κ1) is 12.1. The first-order chi connectivity index (χ1) is 8.75. The molecule has 1 aromatic carbocycles. The fraction of sp³-hybridized carbons (Fsp3) is 0.143. The molecule has 18 heavy (non-hydrogen) atoms. The number of para-hydroxylation sites is 1. The Bertz CT molecular complexity index is 500. The lowest BCUT2D eigenvalue weighted by Gasteiger charge is -2.14. The van der Waals surface area contributed by atoms with E-state index in [4.69, 9.17) is 4.74 Å². The number of carbonyl (C=O) groups is 1. The van der Waals surface area contributed by atoms with Gasteiger partial charge in [-0.3, -0.25) is 4.79 Å². The van der Waals surface area contributed by atoms with E-state index in [9.17, 15) is 4.79 Å². The molecule has 92 valence electrons. The number of carbonyl (C=O) groups excluding carboxylic acids is 1. The molecule has 4 heteroatoms. The van der Waals surface area contributed by atoms with Gasteiger partial charge >= 0.3 is 0 Å². The molecule has 0 aliphatic rings. The number of amides is 1. The molecule has 0 aliphatic carbocycles. The van der Waals surface area contributed by atoms with Crippen LogP contribution in [0.15, 0.2) is 54.7 Å². The van der Waals surface area contributed by atoms with E-state index in [1.807, 2.05) is 36.4 Å². The third-order valence-electron chi connectivity index (χ3n) is 2.34. The minimum absolute atomic E-state index is 0.224. The van der Waals surface area contributed by atoms with Crippen molar-refractivity contribution in [1.82, 2.24) is 4.98 Å². The summed E-state index contributed by atoms with van der Waals surface area (Å²) in [5.74, 6) is 0.963. The van der Waals surface area contributed by atoms with E-state index >= 15 is 0 Å². The molecule has 0 saturated carbocycles. The zero-order chi connectivity index (χ0) is 12.8. The quantitative estimate of drug-likeness (QED) is 0.896. The Morgan fingerprint density at radius 3 is 2.56 bits per heavy atom. The van der Waals surface area contributed by atoms with E-state index in [0.29, 0.717) is 11.6 Å². The molecule has 0 saturated heterocycles. The zero-order valence-electron chi connectivity index (χ0n) is 10.0. The molecule has 2 rings (SSSR count). The zero-order valence-corrected chi connectivity index (χ0v) is 10.0. The second-order valence-corrected chi connectivity index (χ2v) is 3.78. The third kappa shape index (κ3) is 3.31. The summed E-state index contributed by atoms with van der Waals surface area (Å²) < 4.78 is 5.51.